The molecule has 0 unspecified atom stereocenters. The van der Waals surface area contributed by atoms with Crippen molar-refractivity contribution in [3.8, 4) is 22.3 Å². The van der Waals surface area contributed by atoms with Crippen molar-refractivity contribution in [2.75, 3.05) is 9.34 Å². The second-order valence-electron chi connectivity index (χ2n) is 9.76. The smallest absolute Gasteiger partial charge is 0.269 e. The molecule has 0 N–H and O–H groups in total. The summed E-state index contributed by atoms with van der Waals surface area (Å²) in [4.78, 5) is 0. The van der Waals surface area contributed by atoms with E-state index in [0.717, 1.165) is 50.3 Å². The van der Waals surface area contributed by atoms with Crippen molar-refractivity contribution in [3.63, 3.8) is 0 Å². The number of para-hydroxylation sites is 2. The molecule has 0 saturated heterocycles. The molecule has 0 spiro atoms. The van der Waals surface area contributed by atoms with E-state index < -0.39 is 7.44 Å². The van der Waals surface area contributed by atoms with Gasteiger partial charge in [-0.05, 0) is 47.5 Å². The maximum atomic E-state index is 16.2. The second-order valence-corrected chi connectivity index (χ2v) is 12.2. The Labute approximate surface area is 235 Å². The fraction of sp³-hybridized carbons (Fsp3) is 0. The summed E-state index contributed by atoms with van der Waals surface area (Å²) in [6.45, 7) is 0. The molecule has 0 atom stereocenters. The molecule has 0 bridgehead atoms. The lowest BCUT2D eigenvalue weighted by Crippen LogP contribution is -2.26. The van der Waals surface area contributed by atoms with Crippen LogP contribution >= 0.6 is 7.44 Å². The van der Waals surface area contributed by atoms with Crippen LogP contribution in [0.4, 0.5) is 22.7 Å². The number of hydrogen-bond donors (Lipinski definition) is 0. The van der Waals surface area contributed by atoms with Crippen molar-refractivity contribution in [3.05, 3.63) is 164 Å². The molecule has 0 aliphatic carbocycles. The average molecular weight is 535 g/mol. The van der Waals surface area contributed by atoms with E-state index >= 15 is 4.57 Å². The number of benzene rings is 6. The highest BCUT2D eigenvalue weighted by atomic mass is 31.2. The first kappa shape index (κ1) is 24.2. The van der Waals surface area contributed by atoms with Crippen LogP contribution in [0, 0.1) is 0 Å². The molecule has 0 fully saturated rings. The van der Waals surface area contributed by atoms with Gasteiger partial charge in [-0.1, -0.05) is 127 Å². The molecule has 4 heteroatoms. The van der Waals surface area contributed by atoms with Crippen molar-refractivity contribution < 1.29 is 4.57 Å². The van der Waals surface area contributed by atoms with E-state index in [-0.39, 0.29) is 0 Å². The van der Waals surface area contributed by atoms with Gasteiger partial charge in [-0.15, -0.1) is 0 Å². The zero-order valence-corrected chi connectivity index (χ0v) is 22.7. The van der Waals surface area contributed by atoms with Gasteiger partial charge < -0.3 is 0 Å². The van der Waals surface area contributed by atoms with Crippen LogP contribution in [0.3, 0.4) is 0 Å². The Morgan fingerprint density at radius 2 is 0.700 bits per heavy atom. The number of nitrogens with zero attached hydrogens (tertiary/aromatic N) is 2. The highest BCUT2D eigenvalue weighted by Crippen LogP contribution is 2.73. The fourth-order valence-corrected chi connectivity index (χ4v) is 8.67. The van der Waals surface area contributed by atoms with Crippen LogP contribution in [0.25, 0.3) is 22.3 Å². The van der Waals surface area contributed by atoms with Gasteiger partial charge in [0.2, 0.25) is 0 Å². The van der Waals surface area contributed by atoms with Crippen LogP contribution < -0.4 is 14.6 Å². The zero-order valence-electron chi connectivity index (χ0n) is 21.8. The molecule has 192 valence electrons. The van der Waals surface area contributed by atoms with Gasteiger partial charge in [0.15, 0.2) is 0 Å². The minimum Gasteiger partial charge on any atom is -0.269 e. The maximum Gasteiger partial charge on any atom is 0.301 e. The van der Waals surface area contributed by atoms with Gasteiger partial charge in [-0.2, -0.15) is 0 Å². The molecule has 40 heavy (non-hydrogen) atoms. The normalized spacial score (nSPS) is 13.7. The summed E-state index contributed by atoms with van der Waals surface area (Å²) < 4.78 is 20.3. The molecule has 1 aliphatic heterocycles. The lowest BCUT2D eigenvalue weighted by atomic mass is 9.95. The molecule has 1 heterocycles. The molecule has 1 aliphatic rings. The van der Waals surface area contributed by atoms with E-state index in [1.54, 1.807) is 0 Å². The molecule has 6 aromatic rings. The summed E-state index contributed by atoms with van der Waals surface area (Å²) in [6, 6.07) is 55.3. The second kappa shape index (κ2) is 10.0. The van der Waals surface area contributed by atoms with E-state index in [0.29, 0.717) is 0 Å². The van der Waals surface area contributed by atoms with E-state index in [4.69, 9.17) is 0 Å². The minimum atomic E-state index is -3.50. The van der Waals surface area contributed by atoms with Gasteiger partial charge in [0, 0.05) is 22.5 Å². The number of anilines is 4. The Kier molecular flexibility index (Phi) is 6.07. The molecule has 0 aromatic heterocycles. The highest BCUT2D eigenvalue weighted by molar-refractivity contribution is 7.76. The zero-order chi connectivity index (χ0) is 26.9. The Morgan fingerprint density at radius 3 is 1.07 bits per heavy atom. The third-order valence-corrected chi connectivity index (χ3v) is 10.3. The van der Waals surface area contributed by atoms with Gasteiger partial charge in [-0.25, -0.2) is 0 Å². The maximum absolute atomic E-state index is 16.2. The van der Waals surface area contributed by atoms with Crippen molar-refractivity contribution in [1.82, 2.24) is 0 Å². The standard InChI is InChI=1S/C36H27N2OP/c39-40(32-24-14-5-15-25-32)37(30-20-10-3-11-21-30)35-33(28-16-6-1-7-17-28)26-27-34(29-18-8-2-9-19-29)36(35)38(40)31-22-12-4-13-23-31/h1-27H. The Hall–Kier alpha value is -4.85. The Balaban J connectivity index is 1.67. The Morgan fingerprint density at radius 1 is 0.375 bits per heavy atom. The largest absolute Gasteiger partial charge is 0.301 e. The lowest BCUT2D eigenvalue weighted by Gasteiger charge is -2.33. The SMILES string of the molecule is O=P1(c2ccccc2)N(c2ccccc2)c2c(-c3ccccc3)ccc(-c3ccccc3)c2N1c1ccccc1. The van der Waals surface area contributed by atoms with Crippen LogP contribution in [0.15, 0.2) is 164 Å². The number of fused-ring (bicyclic) bond motifs is 1. The average Bonchev–Trinajstić information content (AvgIpc) is 3.32. The van der Waals surface area contributed by atoms with Crippen molar-refractivity contribution >= 4 is 35.5 Å². The molecular weight excluding hydrogens is 507 g/mol. The van der Waals surface area contributed by atoms with Crippen LogP contribution in [0.5, 0.6) is 0 Å². The summed E-state index contributed by atoms with van der Waals surface area (Å²) in [5.41, 5.74) is 7.88. The number of hydrogen-bond acceptors (Lipinski definition) is 1. The minimum absolute atomic E-state index is 0.775. The van der Waals surface area contributed by atoms with Gasteiger partial charge in [0.25, 0.3) is 0 Å². The van der Waals surface area contributed by atoms with E-state index in [1.807, 2.05) is 78.9 Å². The quantitative estimate of drug-likeness (QED) is 0.206. The number of rotatable bonds is 5. The summed E-state index contributed by atoms with van der Waals surface area (Å²) >= 11 is 0. The third-order valence-electron chi connectivity index (χ3n) is 7.38. The summed E-state index contributed by atoms with van der Waals surface area (Å²) in [6.07, 6.45) is 0. The van der Waals surface area contributed by atoms with Gasteiger partial charge in [0.05, 0.1) is 16.7 Å². The van der Waals surface area contributed by atoms with Crippen LogP contribution in [-0.2, 0) is 4.57 Å². The van der Waals surface area contributed by atoms with E-state index in [9.17, 15) is 0 Å². The molecule has 6 aromatic carbocycles. The summed E-state index contributed by atoms with van der Waals surface area (Å²) in [5, 5.41) is 0.775. The van der Waals surface area contributed by atoms with Crippen LogP contribution in [-0.4, -0.2) is 0 Å². The Bertz CT molecular complexity index is 1700. The topological polar surface area (TPSA) is 23.6 Å². The first-order chi connectivity index (χ1) is 19.8. The molecule has 0 amide bonds. The molecular formula is C36H27N2OP. The predicted molar refractivity (Wildman–Crippen MR) is 168 cm³/mol. The van der Waals surface area contributed by atoms with E-state index in [2.05, 4.69) is 94.3 Å². The third kappa shape index (κ3) is 3.87. The molecule has 0 radical (unpaired) electrons. The fourth-order valence-electron chi connectivity index (χ4n) is 5.63. The van der Waals surface area contributed by atoms with Gasteiger partial charge >= 0.3 is 7.44 Å². The van der Waals surface area contributed by atoms with Crippen molar-refractivity contribution in [1.29, 1.82) is 0 Å². The van der Waals surface area contributed by atoms with Crippen molar-refractivity contribution in [2.45, 2.75) is 0 Å². The summed E-state index contributed by atoms with van der Waals surface area (Å²) in [5.74, 6) is 0. The molecule has 0 saturated carbocycles. The van der Waals surface area contributed by atoms with Crippen molar-refractivity contribution in [2.24, 2.45) is 0 Å². The monoisotopic (exact) mass is 534 g/mol. The van der Waals surface area contributed by atoms with Crippen LogP contribution in [0.2, 0.25) is 0 Å². The molecule has 7 rings (SSSR count). The predicted octanol–water partition coefficient (Wildman–Crippen LogP) is 9.83. The summed E-state index contributed by atoms with van der Waals surface area (Å²) in [7, 11) is -3.50. The molecule has 3 nitrogen and oxygen atoms in total. The highest BCUT2D eigenvalue weighted by Gasteiger charge is 2.51. The lowest BCUT2D eigenvalue weighted by molar-refractivity contribution is 0.582. The first-order valence-corrected chi connectivity index (χ1v) is 15.0. The van der Waals surface area contributed by atoms with Crippen LogP contribution in [0.1, 0.15) is 0 Å². The van der Waals surface area contributed by atoms with Gasteiger partial charge in [-0.3, -0.25) is 13.9 Å². The first-order valence-electron chi connectivity index (χ1n) is 13.4. The van der Waals surface area contributed by atoms with E-state index in [1.165, 1.54) is 0 Å². The van der Waals surface area contributed by atoms with Gasteiger partial charge in [0.1, 0.15) is 0 Å².